The second kappa shape index (κ2) is 3.31. The number of amides is 1. The zero-order chi connectivity index (χ0) is 12.1. The van der Waals surface area contributed by atoms with Gasteiger partial charge in [-0.3, -0.25) is 9.48 Å². The SMILES string of the molecule is Cc1nn(C)c(C)c1C(=O)N1CC(C)(N)C1. The van der Waals surface area contributed by atoms with Gasteiger partial charge in [-0.05, 0) is 20.8 Å². The van der Waals surface area contributed by atoms with Gasteiger partial charge in [0.05, 0.1) is 11.3 Å². The molecule has 5 nitrogen and oxygen atoms in total. The van der Waals surface area contributed by atoms with Gasteiger partial charge in [-0.1, -0.05) is 0 Å². The maximum Gasteiger partial charge on any atom is 0.257 e. The molecule has 1 fully saturated rings. The maximum absolute atomic E-state index is 12.2. The number of carbonyl (C=O) groups is 1. The molecule has 0 atom stereocenters. The third-order valence-corrected chi connectivity index (χ3v) is 3.11. The third kappa shape index (κ3) is 1.61. The molecule has 0 spiro atoms. The van der Waals surface area contributed by atoms with E-state index >= 15 is 0 Å². The van der Waals surface area contributed by atoms with Gasteiger partial charge >= 0.3 is 0 Å². The van der Waals surface area contributed by atoms with E-state index in [-0.39, 0.29) is 11.4 Å². The van der Waals surface area contributed by atoms with Crippen molar-refractivity contribution in [2.24, 2.45) is 12.8 Å². The molecule has 1 aliphatic rings. The first-order valence-corrected chi connectivity index (χ1v) is 5.40. The summed E-state index contributed by atoms with van der Waals surface area (Å²) in [5.74, 6) is 0.0472. The molecule has 1 aromatic heterocycles. The van der Waals surface area contributed by atoms with Crippen molar-refractivity contribution in [1.82, 2.24) is 14.7 Å². The van der Waals surface area contributed by atoms with E-state index < -0.39 is 0 Å². The molecule has 2 N–H and O–H groups in total. The zero-order valence-electron chi connectivity index (χ0n) is 10.2. The van der Waals surface area contributed by atoms with Crippen LogP contribution >= 0.6 is 0 Å². The molecule has 88 valence electrons. The first kappa shape index (κ1) is 11.1. The highest BCUT2D eigenvalue weighted by molar-refractivity contribution is 5.97. The van der Waals surface area contributed by atoms with Crippen LogP contribution in [-0.4, -0.2) is 39.2 Å². The van der Waals surface area contributed by atoms with Crippen molar-refractivity contribution in [3.05, 3.63) is 17.0 Å². The first-order valence-electron chi connectivity index (χ1n) is 5.40. The van der Waals surface area contributed by atoms with Gasteiger partial charge in [0.25, 0.3) is 5.91 Å². The third-order valence-electron chi connectivity index (χ3n) is 3.11. The Morgan fingerprint density at radius 1 is 1.44 bits per heavy atom. The quantitative estimate of drug-likeness (QED) is 0.738. The Morgan fingerprint density at radius 3 is 2.38 bits per heavy atom. The van der Waals surface area contributed by atoms with Crippen LogP contribution in [0.3, 0.4) is 0 Å². The second-order valence-electron chi connectivity index (χ2n) is 4.98. The molecule has 1 aliphatic heterocycles. The lowest BCUT2D eigenvalue weighted by molar-refractivity contribution is 0.0452. The van der Waals surface area contributed by atoms with Gasteiger partial charge in [0, 0.05) is 31.4 Å². The van der Waals surface area contributed by atoms with E-state index in [9.17, 15) is 4.79 Å². The van der Waals surface area contributed by atoms with Crippen LogP contribution in [0.1, 0.15) is 28.7 Å². The lowest BCUT2D eigenvalue weighted by Gasteiger charge is -2.45. The van der Waals surface area contributed by atoms with Crippen LogP contribution < -0.4 is 5.73 Å². The molecule has 0 saturated carbocycles. The van der Waals surface area contributed by atoms with E-state index in [1.807, 2.05) is 27.8 Å². The molecule has 0 unspecified atom stereocenters. The first-order chi connectivity index (χ1) is 7.32. The molecule has 16 heavy (non-hydrogen) atoms. The number of aromatic nitrogens is 2. The fraction of sp³-hybridized carbons (Fsp3) is 0.636. The molecule has 0 bridgehead atoms. The number of aryl methyl sites for hydroxylation is 2. The lowest BCUT2D eigenvalue weighted by atomic mass is 9.92. The van der Waals surface area contributed by atoms with Crippen molar-refractivity contribution in [1.29, 1.82) is 0 Å². The topological polar surface area (TPSA) is 64.2 Å². The minimum Gasteiger partial charge on any atom is -0.335 e. The van der Waals surface area contributed by atoms with Crippen molar-refractivity contribution in [2.75, 3.05) is 13.1 Å². The molecular formula is C11H18N4O. The highest BCUT2D eigenvalue weighted by Gasteiger charge is 2.39. The molecule has 0 radical (unpaired) electrons. The number of carbonyl (C=O) groups excluding carboxylic acids is 1. The molecule has 2 heterocycles. The Labute approximate surface area is 95.2 Å². The summed E-state index contributed by atoms with van der Waals surface area (Å²) in [6.07, 6.45) is 0. The van der Waals surface area contributed by atoms with Gasteiger partial charge < -0.3 is 10.6 Å². The van der Waals surface area contributed by atoms with Gasteiger partial charge in [-0.2, -0.15) is 5.10 Å². The van der Waals surface area contributed by atoms with Crippen LogP contribution in [0.15, 0.2) is 0 Å². The van der Waals surface area contributed by atoms with Gasteiger partial charge in [-0.15, -0.1) is 0 Å². The summed E-state index contributed by atoms with van der Waals surface area (Å²) in [4.78, 5) is 14.0. The average molecular weight is 222 g/mol. The summed E-state index contributed by atoms with van der Waals surface area (Å²) >= 11 is 0. The Morgan fingerprint density at radius 2 is 2.00 bits per heavy atom. The minimum absolute atomic E-state index is 0.0472. The maximum atomic E-state index is 12.2. The van der Waals surface area contributed by atoms with Crippen molar-refractivity contribution in [3.8, 4) is 0 Å². The lowest BCUT2D eigenvalue weighted by Crippen LogP contribution is -2.66. The van der Waals surface area contributed by atoms with Gasteiger partial charge in [0.2, 0.25) is 0 Å². The van der Waals surface area contributed by atoms with E-state index in [0.29, 0.717) is 13.1 Å². The Hall–Kier alpha value is -1.36. The molecule has 0 aromatic carbocycles. The van der Waals surface area contributed by atoms with Crippen LogP contribution in [0, 0.1) is 13.8 Å². The minimum atomic E-state index is -0.223. The summed E-state index contributed by atoms with van der Waals surface area (Å²) in [7, 11) is 1.85. The molecule has 1 saturated heterocycles. The van der Waals surface area contributed by atoms with Gasteiger partial charge in [-0.25, -0.2) is 0 Å². The number of nitrogens with two attached hydrogens (primary N) is 1. The Balaban J connectivity index is 2.23. The zero-order valence-corrected chi connectivity index (χ0v) is 10.2. The summed E-state index contributed by atoms with van der Waals surface area (Å²) in [6, 6.07) is 0. The van der Waals surface area contributed by atoms with Crippen molar-refractivity contribution in [2.45, 2.75) is 26.3 Å². The summed E-state index contributed by atoms with van der Waals surface area (Å²) in [6.45, 7) is 6.98. The molecule has 0 aliphatic carbocycles. The fourth-order valence-corrected chi connectivity index (χ4v) is 2.21. The molecule has 5 heteroatoms. The summed E-state index contributed by atoms with van der Waals surface area (Å²) in [5.41, 5.74) is 8.09. The largest absolute Gasteiger partial charge is 0.335 e. The number of likely N-dealkylation sites (tertiary alicyclic amines) is 1. The Kier molecular flexibility index (Phi) is 2.31. The van der Waals surface area contributed by atoms with Crippen molar-refractivity contribution in [3.63, 3.8) is 0 Å². The average Bonchev–Trinajstić information content (AvgIpc) is 2.36. The predicted octanol–water partition coefficient (Wildman–Crippen LogP) is 0.210. The highest BCUT2D eigenvalue weighted by atomic mass is 16.2. The van der Waals surface area contributed by atoms with E-state index in [4.69, 9.17) is 5.73 Å². The normalized spacial score (nSPS) is 18.4. The number of hydrogen-bond donors (Lipinski definition) is 1. The number of rotatable bonds is 1. The predicted molar refractivity (Wildman–Crippen MR) is 61.2 cm³/mol. The monoisotopic (exact) mass is 222 g/mol. The smallest absolute Gasteiger partial charge is 0.257 e. The molecule has 2 rings (SSSR count). The summed E-state index contributed by atoms with van der Waals surface area (Å²) < 4.78 is 1.74. The summed E-state index contributed by atoms with van der Waals surface area (Å²) in [5, 5.41) is 4.25. The van der Waals surface area contributed by atoms with Crippen LogP contribution in [0.2, 0.25) is 0 Å². The highest BCUT2D eigenvalue weighted by Crippen LogP contribution is 2.22. The molecule has 1 aromatic rings. The van der Waals surface area contributed by atoms with Gasteiger partial charge in [0.15, 0.2) is 0 Å². The molecular weight excluding hydrogens is 204 g/mol. The van der Waals surface area contributed by atoms with E-state index in [1.54, 1.807) is 9.58 Å². The Bertz CT molecular complexity index is 439. The second-order valence-corrected chi connectivity index (χ2v) is 4.98. The van der Waals surface area contributed by atoms with Crippen LogP contribution in [0.25, 0.3) is 0 Å². The number of hydrogen-bond acceptors (Lipinski definition) is 3. The van der Waals surface area contributed by atoms with E-state index in [0.717, 1.165) is 17.0 Å². The van der Waals surface area contributed by atoms with Crippen LogP contribution in [0.5, 0.6) is 0 Å². The van der Waals surface area contributed by atoms with Crippen molar-refractivity contribution < 1.29 is 4.79 Å². The standard InChI is InChI=1S/C11H18N4O/c1-7-9(8(2)14(4)13-7)10(16)15-5-11(3,12)6-15/h5-6,12H2,1-4H3. The van der Waals surface area contributed by atoms with E-state index in [1.165, 1.54) is 0 Å². The van der Waals surface area contributed by atoms with Gasteiger partial charge in [0.1, 0.15) is 0 Å². The molecule has 1 amide bonds. The van der Waals surface area contributed by atoms with Crippen molar-refractivity contribution >= 4 is 5.91 Å². The number of nitrogens with zero attached hydrogens (tertiary/aromatic N) is 3. The van der Waals surface area contributed by atoms with Crippen LogP contribution in [0.4, 0.5) is 0 Å². The van der Waals surface area contributed by atoms with Crippen LogP contribution in [-0.2, 0) is 7.05 Å². The fourth-order valence-electron chi connectivity index (χ4n) is 2.21. The van der Waals surface area contributed by atoms with E-state index in [2.05, 4.69) is 5.10 Å².